The zero-order valence-electron chi connectivity index (χ0n) is 11.9. The van der Waals surface area contributed by atoms with Crippen LogP contribution < -0.4 is 15.8 Å². The first-order valence-corrected chi connectivity index (χ1v) is 6.51. The number of halogens is 1. The first-order chi connectivity index (χ1) is 9.97. The van der Waals surface area contributed by atoms with Crippen molar-refractivity contribution in [2.45, 2.75) is 13.8 Å². The zero-order chi connectivity index (χ0) is 15.4. The molecule has 2 aromatic carbocycles. The van der Waals surface area contributed by atoms with Gasteiger partial charge in [0.25, 0.3) is 5.91 Å². The number of benzene rings is 2. The van der Waals surface area contributed by atoms with Gasteiger partial charge in [-0.25, -0.2) is 4.39 Å². The normalized spacial score (nSPS) is 10.2. The molecular weight excluding hydrogens is 271 g/mol. The Bertz CT molecular complexity index is 671. The number of carbonyl (C=O) groups is 1. The van der Waals surface area contributed by atoms with Crippen LogP contribution in [-0.2, 0) is 4.79 Å². The second-order valence-corrected chi connectivity index (χ2v) is 4.77. The van der Waals surface area contributed by atoms with Crippen LogP contribution in [0.1, 0.15) is 11.1 Å². The van der Waals surface area contributed by atoms with Gasteiger partial charge in [0.1, 0.15) is 11.6 Å². The number of carbonyl (C=O) groups excluding carboxylic acids is 1. The van der Waals surface area contributed by atoms with Gasteiger partial charge < -0.3 is 15.8 Å². The summed E-state index contributed by atoms with van der Waals surface area (Å²) in [7, 11) is 0. The van der Waals surface area contributed by atoms with Crippen LogP contribution in [0.15, 0.2) is 36.4 Å². The molecule has 0 bridgehead atoms. The molecule has 0 spiro atoms. The van der Waals surface area contributed by atoms with E-state index in [-0.39, 0.29) is 18.2 Å². The smallest absolute Gasteiger partial charge is 0.262 e. The molecule has 4 nitrogen and oxygen atoms in total. The number of amides is 1. The van der Waals surface area contributed by atoms with Crippen LogP contribution in [-0.4, -0.2) is 12.5 Å². The average molecular weight is 288 g/mol. The Balaban J connectivity index is 1.97. The van der Waals surface area contributed by atoms with E-state index in [4.69, 9.17) is 10.5 Å². The summed E-state index contributed by atoms with van der Waals surface area (Å²) in [5, 5.41) is 2.59. The Morgan fingerprint density at radius 1 is 1.29 bits per heavy atom. The molecule has 0 aliphatic rings. The maximum Gasteiger partial charge on any atom is 0.262 e. The number of hydrogen-bond acceptors (Lipinski definition) is 3. The van der Waals surface area contributed by atoms with Gasteiger partial charge in [0.15, 0.2) is 6.61 Å². The highest BCUT2D eigenvalue weighted by atomic mass is 19.1. The summed E-state index contributed by atoms with van der Waals surface area (Å²) < 4.78 is 18.4. The van der Waals surface area contributed by atoms with Gasteiger partial charge in [-0.15, -0.1) is 0 Å². The van der Waals surface area contributed by atoms with Gasteiger partial charge >= 0.3 is 0 Å². The first-order valence-electron chi connectivity index (χ1n) is 6.51. The summed E-state index contributed by atoms with van der Waals surface area (Å²) in [5.74, 6) is -0.136. The van der Waals surface area contributed by atoms with Crippen LogP contribution in [0.2, 0.25) is 0 Å². The third-order valence-electron chi connectivity index (χ3n) is 3.20. The molecule has 3 N–H and O–H groups in total. The second-order valence-electron chi connectivity index (χ2n) is 4.77. The van der Waals surface area contributed by atoms with Crippen molar-refractivity contribution >= 4 is 17.3 Å². The van der Waals surface area contributed by atoms with Crippen molar-refractivity contribution in [1.82, 2.24) is 0 Å². The van der Waals surface area contributed by atoms with Crippen LogP contribution in [0.5, 0.6) is 5.75 Å². The fourth-order valence-electron chi connectivity index (χ4n) is 1.86. The standard InChI is InChI=1S/C16H17FN2O2/c1-10-4-3-5-15(11(10)2)21-9-16(20)19-14-7-6-12(17)8-13(14)18/h3-8H,9,18H2,1-2H3,(H,19,20). The highest BCUT2D eigenvalue weighted by Crippen LogP contribution is 2.21. The summed E-state index contributed by atoms with van der Waals surface area (Å²) in [4.78, 5) is 11.8. The molecule has 0 aliphatic carbocycles. The Labute approximate surface area is 122 Å². The number of hydrogen-bond donors (Lipinski definition) is 2. The molecule has 0 saturated carbocycles. The number of aryl methyl sites for hydroxylation is 1. The molecule has 0 heterocycles. The minimum Gasteiger partial charge on any atom is -0.483 e. The molecule has 21 heavy (non-hydrogen) atoms. The van der Waals surface area contributed by atoms with Crippen molar-refractivity contribution in [2.75, 3.05) is 17.7 Å². The van der Waals surface area contributed by atoms with Gasteiger partial charge in [-0.1, -0.05) is 12.1 Å². The summed E-state index contributed by atoms with van der Waals surface area (Å²) >= 11 is 0. The van der Waals surface area contributed by atoms with Crippen molar-refractivity contribution in [2.24, 2.45) is 0 Å². The number of nitrogen functional groups attached to an aromatic ring is 1. The van der Waals surface area contributed by atoms with Gasteiger partial charge in [0, 0.05) is 0 Å². The minimum atomic E-state index is -0.447. The summed E-state index contributed by atoms with van der Waals surface area (Å²) in [6.45, 7) is 3.77. The topological polar surface area (TPSA) is 64.3 Å². The predicted molar refractivity (Wildman–Crippen MR) is 80.9 cm³/mol. The SMILES string of the molecule is Cc1cccc(OCC(=O)Nc2ccc(F)cc2N)c1C. The van der Waals surface area contributed by atoms with Crippen molar-refractivity contribution < 1.29 is 13.9 Å². The van der Waals surface area contributed by atoms with Gasteiger partial charge in [0.2, 0.25) is 0 Å². The van der Waals surface area contributed by atoms with Crippen LogP contribution in [0, 0.1) is 19.7 Å². The minimum absolute atomic E-state index is 0.138. The van der Waals surface area contributed by atoms with E-state index in [1.54, 1.807) is 0 Å². The Morgan fingerprint density at radius 3 is 2.76 bits per heavy atom. The quantitative estimate of drug-likeness (QED) is 0.850. The highest BCUT2D eigenvalue weighted by Gasteiger charge is 2.08. The van der Waals surface area contributed by atoms with E-state index >= 15 is 0 Å². The van der Waals surface area contributed by atoms with E-state index < -0.39 is 5.82 Å². The van der Waals surface area contributed by atoms with Crippen LogP contribution in [0.3, 0.4) is 0 Å². The first kappa shape index (κ1) is 14.8. The van der Waals surface area contributed by atoms with Crippen molar-refractivity contribution in [1.29, 1.82) is 0 Å². The molecule has 0 aliphatic heterocycles. The van der Waals surface area contributed by atoms with Gasteiger partial charge in [0.05, 0.1) is 11.4 Å². The lowest BCUT2D eigenvalue weighted by molar-refractivity contribution is -0.118. The fourth-order valence-corrected chi connectivity index (χ4v) is 1.86. The van der Waals surface area contributed by atoms with E-state index in [1.807, 2.05) is 32.0 Å². The van der Waals surface area contributed by atoms with Crippen LogP contribution in [0.25, 0.3) is 0 Å². The molecule has 110 valence electrons. The second kappa shape index (κ2) is 6.26. The molecule has 1 amide bonds. The van der Waals surface area contributed by atoms with E-state index in [0.29, 0.717) is 11.4 Å². The molecule has 0 saturated heterocycles. The maximum atomic E-state index is 12.9. The zero-order valence-corrected chi connectivity index (χ0v) is 11.9. The average Bonchev–Trinajstić information content (AvgIpc) is 2.43. The van der Waals surface area contributed by atoms with Crippen molar-refractivity contribution in [3.05, 3.63) is 53.3 Å². The van der Waals surface area contributed by atoms with Crippen molar-refractivity contribution in [3.63, 3.8) is 0 Å². The monoisotopic (exact) mass is 288 g/mol. The number of nitrogens with one attached hydrogen (secondary N) is 1. The summed E-state index contributed by atoms with van der Waals surface area (Å²) in [6, 6.07) is 9.45. The molecular formula is C16H17FN2O2. The Morgan fingerprint density at radius 2 is 2.05 bits per heavy atom. The lowest BCUT2D eigenvalue weighted by Crippen LogP contribution is -2.21. The lowest BCUT2D eigenvalue weighted by Gasteiger charge is -2.12. The number of nitrogens with two attached hydrogens (primary N) is 1. The fraction of sp³-hybridized carbons (Fsp3) is 0.188. The van der Waals surface area contributed by atoms with Crippen molar-refractivity contribution in [3.8, 4) is 5.75 Å². The van der Waals surface area contributed by atoms with Crippen LogP contribution in [0.4, 0.5) is 15.8 Å². The van der Waals surface area contributed by atoms with E-state index in [1.165, 1.54) is 12.1 Å². The predicted octanol–water partition coefficient (Wildman–Crippen LogP) is 3.04. The summed E-state index contributed by atoms with van der Waals surface area (Å²) in [5.41, 5.74) is 8.25. The molecule has 0 atom stereocenters. The summed E-state index contributed by atoms with van der Waals surface area (Å²) in [6.07, 6.45) is 0. The Hall–Kier alpha value is -2.56. The lowest BCUT2D eigenvalue weighted by atomic mass is 10.1. The van der Waals surface area contributed by atoms with Gasteiger partial charge in [-0.3, -0.25) is 4.79 Å². The number of ether oxygens (including phenoxy) is 1. The van der Waals surface area contributed by atoms with Crippen LogP contribution >= 0.6 is 0 Å². The third kappa shape index (κ3) is 3.72. The van der Waals surface area contributed by atoms with Gasteiger partial charge in [-0.2, -0.15) is 0 Å². The van der Waals surface area contributed by atoms with E-state index in [9.17, 15) is 9.18 Å². The van der Waals surface area contributed by atoms with E-state index in [2.05, 4.69) is 5.32 Å². The highest BCUT2D eigenvalue weighted by molar-refractivity contribution is 5.94. The molecule has 0 fully saturated rings. The molecule has 0 radical (unpaired) electrons. The largest absolute Gasteiger partial charge is 0.483 e. The molecule has 2 rings (SSSR count). The Kier molecular flexibility index (Phi) is 4.42. The van der Waals surface area contributed by atoms with E-state index in [0.717, 1.165) is 17.2 Å². The maximum absolute atomic E-state index is 12.9. The third-order valence-corrected chi connectivity index (χ3v) is 3.20. The molecule has 2 aromatic rings. The number of anilines is 2. The van der Waals surface area contributed by atoms with Gasteiger partial charge in [-0.05, 0) is 49.2 Å². The number of rotatable bonds is 4. The molecule has 0 unspecified atom stereocenters. The molecule has 5 heteroatoms. The molecule has 0 aromatic heterocycles.